The van der Waals surface area contributed by atoms with Crippen LogP contribution >= 0.6 is 0 Å². The van der Waals surface area contributed by atoms with E-state index in [1.807, 2.05) is 6.92 Å². The molecule has 0 radical (unpaired) electrons. The van der Waals surface area contributed by atoms with Gasteiger partial charge in [-0.2, -0.15) is 0 Å². The van der Waals surface area contributed by atoms with Crippen molar-refractivity contribution in [1.82, 2.24) is 15.5 Å². The van der Waals surface area contributed by atoms with Crippen molar-refractivity contribution in [2.45, 2.75) is 19.8 Å². The number of H-pyrrole nitrogens is 1. The highest BCUT2D eigenvalue weighted by atomic mass is 19.1. The molecule has 0 aliphatic carbocycles. The quantitative estimate of drug-likeness (QED) is 0.815. The number of aromatic amines is 1. The molecule has 0 aliphatic heterocycles. The zero-order chi connectivity index (χ0) is 14.5. The molecule has 0 saturated heterocycles. The van der Waals surface area contributed by atoms with E-state index >= 15 is 0 Å². The maximum atomic E-state index is 13.7. The van der Waals surface area contributed by atoms with Crippen LogP contribution in [0.1, 0.15) is 30.1 Å². The molecule has 0 aliphatic rings. The Kier molecular flexibility index (Phi) is 4.29. The number of unbranched alkanes of at least 4 members (excludes halogenated alkanes) is 1. The second kappa shape index (κ2) is 6.14. The van der Waals surface area contributed by atoms with E-state index in [0.29, 0.717) is 12.1 Å². The molecule has 7 heteroatoms. The number of nitrogens with zero attached hydrogens (tertiary/aromatic N) is 1. The van der Waals surface area contributed by atoms with Crippen molar-refractivity contribution in [2.75, 3.05) is 6.54 Å². The second-order valence-corrected chi connectivity index (χ2v) is 4.25. The van der Waals surface area contributed by atoms with E-state index < -0.39 is 17.5 Å². The predicted molar refractivity (Wildman–Crippen MR) is 69.8 cm³/mol. The predicted octanol–water partition coefficient (Wildman–Crippen LogP) is 1.70. The number of amides is 1. The molecule has 0 saturated carbocycles. The van der Waals surface area contributed by atoms with Crippen LogP contribution in [0.25, 0.3) is 11.4 Å². The third-order valence-corrected chi connectivity index (χ3v) is 2.74. The summed E-state index contributed by atoms with van der Waals surface area (Å²) in [7, 11) is 0. The number of halogens is 1. The van der Waals surface area contributed by atoms with Crippen LogP contribution in [0.3, 0.4) is 0 Å². The third kappa shape index (κ3) is 3.11. The van der Waals surface area contributed by atoms with Crippen molar-refractivity contribution in [3.63, 3.8) is 0 Å². The average molecular weight is 279 g/mol. The summed E-state index contributed by atoms with van der Waals surface area (Å²) in [6.45, 7) is 2.48. The van der Waals surface area contributed by atoms with Gasteiger partial charge in [0.25, 0.3) is 5.91 Å². The summed E-state index contributed by atoms with van der Waals surface area (Å²) in [6, 6.07) is 3.88. The van der Waals surface area contributed by atoms with Crippen molar-refractivity contribution in [3.8, 4) is 11.4 Å². The molecule has 1 amide bonds. The monoisotopic (exact) mass is 279 g/mol. The first-order chi connectivity index (χ1) is 9.61. The van der Waals surface area contributed by atoms with Gasteiger partial charge in [-0.3, -0.25) is 14.3 Å². The molecule has 0 unspecified atom stereocenters. The van der Waals surface area contributed by atoms with Crippen molar-refractivity contribution >= 4 is 5.91 Å². The summed E-state index contributed by atoms with van der Waals surface area (Å²) in [5.41, 5.74) is 0.306. The summed E-state index contributed by atoms with van der Waals surface area (Å²) in [5, 5.41) is 6.12. The Morgan fingerprint density at radius 2 is 2.30 bits per heavy atom. The van der Waals surface area contributed by atoms with Gasteiger partial charge in [-0.05, 0) is 24.6 Å². The molecular weight excluding hydrogens is 265 g/mol. The van der Waals surface area contributed by atoms with E-state index in [9.17, 15) is 14.0 Å². The van der Waals surface area contributed by atoms with E-state index in [1.54, 1.807) is 0 Å². The first kappa shape index (κ1) is 14.0. The molecule has 1 aromatic heterocycles. The highest BCUT2D eigenvalue weighted by molar-refractivity contribution is 5.95. The first-order valence-corrected chi connectivity index (χ1v) is 6.26. The first-order valence-electron chi connectivity index (χ1n) is 6.26. The molecule has 0 fully saturated rings. The lowest BCUT2D eigenvalue weighted by Crippen LogP contribution is -2.25. The van der Waals surface area contributed by atoms with E-state index in [2.05, 4.69) is 20.0 Å². The van der Waals surface area contributed by atoms with E-state index in [1.165, 1.54) is 12.1 Å². The van der Waals surface area contributed by atoms with Crippen LogP contribution < -0.4 is 11.1 Å². The summed E-state index contributed by atoms with van der Waals surface area (Å²) >= 11 is 0. The van der Waals surface area contributed by atoms with Gasteiger partial charge in [0, 0.05) is 12.1 Å². The van der Waals surface area contributed by atoms with Gasteiger partial charge in [-0.1, -0.05) is 18.5 Å². The zero-order valence-electron chi connectivity index (χ0n) is 10.9. The minimum Gasteiger partial charge on any atom is -0.352 e. The maximum absolute atomic E-state index is 13.7. The van der Waals surface area contributed by atoms with E-state index in [-0.39, 0.29) is 11.4 Å². The fourth-order valence-electron chi connectivity index (χ4n) is 1.67. The fraction of sp³-hybridized carbons (Fsp3) is 0.308. The lowest BCUT2D eigenvalue weighted by molar-refractivity contribution is 0.0949. The van der Waals surface area contributed by atoms with Gasteiger partial charge >= 0.3 is 5.76 Å². The minimum absolute atomic E-state index is 0.0950. The number of rotatable bonds is 5. The topological polar surface area (TPSA) is 88.0 Å². The number of hydrogen-bond acceptors (Lipinski definition) is 4. The van der Waals surface area contributed by atoms with Crippen LogP contribution in [0.4, 0.5) is 4.39 Å². The largest absolute Gasteiger partial charge is 0.439 e. The minimum atomic E-state index is -0.710. The molecule has 2 N–H and O–H groups in total. The Labute approximate surface area is 114 Å². The number of carbonyl (C=O) groups excluding carboxylic acids is 1. The van der Waals surface area contributed by atoms with Gasteiger partial charge in [-0.15, -0.1) is 0 Å². The number of carbonyl (C=O) groups is 1. The summed E-state index contributed by atoms with van der Waals surface area (Å²) in [4.78, 5) is 25.1. The summed E-state index contributed by atoms with van der Waals surface area (Å²) in [6.07, 6.45) is 1.76. The molecule has 1 heterocycles. The molecule has 6 nitrogen and oxygen atoms in total. The molecule has 106 valence electrons. The lowest BCUT2D eigenvalue weighted by atomic mass is 10.1. The van der Waals surface area contributed by atoms with Crippen LogP contribution in [-0.2, 0) is 0 Å². The van der Waals surface area contributed by atoms with Crippen LogP contribution in [0, 0.1) is 5.82 Å². The van der Waals surface area contributed by atoms with Gasteiger partial charge in [0.1, 0.15) is 5.82 Å². The Hall–Kier alpha value is -2.44. The van der Waals surface area contributed by atoms with Gasteiger partial charge in [0.15, 0.2) is 5.82 Å². The molecular formula is C13H14FN3O3. The Bertz CT molecular complexity index is 663. The second-order valence-electron chi connectivity index (χ2n) is 4.25. The highest BCUT2D eigenvalue weighted by Gasteiger charge is 2.14. The Balaban J connectivity index is 2.24. The van der Waals surface area contributed by atoms with Crippen molar-refractivity contribution < 1.29 is 13.7 Å². The normalized spacial score (nSPS) is 10.5. The van der Waals surface area contributed by atoms with Gasteiger partial charge in [0.2, 0.25) is 0 Å². The third-order valence-electron chi connectivity index (χ3n) is 2.74. The zero-order valence-corrected chi connectivity index (χ0v) is 10.9. The fourth-order valence-corrected chi connectivity index (χ4v) is 1.67. The van der Waals surface area contributed by atoms with Crippen molar-refractivity contribution in [2.24, 2.45) is 0 Å². The molecule has 2 rings (SSSR count). The molecule has 0 spiro atoms. The molecule has 2 aromatic rings. The van der Waals surface area contributed by atoms with Crippen molar-refractivity contribution in [3.05, 3.63) is 40.1 Å². The van der Waals surface area contributed by atoms with Gasteiger partial charge < -0.3 is 5.32 Å². The molecule has 20 heavy (non-hydrogen) atoms. The SMILES string of the molecule is CCCCNC(=O)c1cc(-c2noc(=O)[nH]2)ccc1F. The highest BCUT2D eigenvalue weighted by Crippen LogP contribution is 2.18. The van der Waals surface area contributed by atoms with Crippen LogP contribution in [0.15, 0.2) is 27.5 Å². The smallest absolute Gasteiger partial charge is 0.352 e. The number of hydrogen-bond donors (Lipinski definition) is 2. The van der Waals surface area contributed by atoms with Crippen LogP contribution in [0.2, 0.25) is 0 Å². The number of aromatic nitrogens is 2. The Morgan fingerprint density at radius 3 is 2.95 bits per heavy atom. The average Bonchev–Trinajstić information content (AvgIpc) is 2.86. The van der Waals surface area contributed by atoms with E-state index in [0.717, 1.165) is 18.9 Å². The standard InChI is InChI=1S/C13H14FN3O3/c1-2-3-6-15-12(18)9-7-8(4-5-10(9)14)11-16-13(19)20-17-11/h4-5,7H,2-3,6H2,1H3,(H,15,18)(H,16,17,19). The van der Waals surface area contributed by atoms with Crippen LogP contribution in [0.5, 0.6) is 0 Å². The van der Waals surface area contributed by atoms with Crippen LogP contribution in [-0.4, -0.2) is 22.6 Å². The number of nitrogens with one attached hydrogen (secondary N) is 2. The number of benzene rings is 1. The molecule has 0 atom stereocenters. The van der Waals surface area contributed by atoms with Gasteiger partial charge in [0.05, 0.1) is 5.56 Å². The van der Waals surface area contributed by atoms with Crippen molar-refractivity contribution in [1.29, 1.82) is 0 Å². The lowest BCUT2D eigenvalue weighted by Gasteiger charge is -2.06. The summed E-state index contributed by atoms with van der Waals surface area (Å²) in [5.74, 6) is -1.69. The molecule has 0 bridgehead atoms. The van der Waals surface area contributed by atoms with E-state index in [4.69, 9.17) is 0 Å². The maximum Gasteiger partial charge on any atom is 0.439 e. The molecule has 1 aromatic carbocycles. The summed E-state index contributed by atoms with van der Waals surface area (Å²) < 4.78 is 18.0. The Morgan fingerprint density at radius 1 is 1.50 bits per heavy atom. The van der Waals surface area contributed by atoms with Gasteiger partial charge in [-0.25, -0.2) is 9.18 Å².